The molecule has 0 radical (unpaired) electrons. The third-order valence-electron chi connectivity index (χ3n) is 7.55. The van der Waals surface area contributed by atoms with Crippen LogP contribution in [0.2, 0.25) is 0 Å². The van der Waals surface area contributed by atoms with Crippen LogP contribution in [0.4, 0.5) is 5.69 Å². The number of likely N-dealkylation sites (N-methyl/N-ethyl adjacent to an activating group) is 1. The number of benzene rings is 2. The number of hydrogen-bond acceptors (Lipinski definition) is 6. The molecule has 2 aromatic carbocycles. The van der Waals surface area contributed by atoms with Crippen LogP contribution in [-0.4, -0.2) is 45.5 Å². The second kappa shape index (κ2) is 6.06. The predicted molar refractivity (Wildman–Crippen MR) is 118 cm³/mol. The number of para-hydroxylation sites is 2. The molecule has 1 spiro atoms. The van der Waals surface area contributed by atoms with E-state index >= 15 is 0 Å². The maximum absolute atomic E-state index is 13.5. The minimum absolute atomic E-state index is 0.0391. The number of hydrogen-bond donors (Lipinski definition) is 1. The number of rotatable bonds is 0. The highest BCUT2D eigenvalue weighted by atomic mass is 16.5. The molecule has 5 atom stereocenters. The number of carbonyl (C=O) groups is 2. The molecule has 1 aromatic heterocycles. The van der Waals surface area contributed by atoms with E-state index in [4.69, 9.17) is 9.72 Å². The molecule has 2 amide bonds. The van der Waals surface area contributed by atoms with Crippen molar-refractivity contribution in [1.82, 2.24) is 19.8 Å². The summed E-state index contributed by atoms with van der Waals surface area (Å²) in [6, 6.07) is 13.9. The van der Waals surface area contributed by atoms with Crippen LogP contribution in [0.3, 0.4) is 0 Å². The number of aromatic nitrogens is 2. The minimum Gasteiger partial charge on any atom is -0.334 e. The summed E-state index contributed by atoms with van der Waals surface area (Å²) in [5, 5.41) is 3.83. The SMILES string of the molecule is CC1NC2N(C1=O)c1ccccc1[C@@]21C[C@@H]2c3nc4ccccc4c(=O)n3C(O1)C(=O)N2C. The molecule has 166 valence electrons. The second-order valence-corrected chi connectivity index (χ2v) is 9.21. The number of ether oxygens (including phenoxy) is 1. The van der Waals surface area contributed by atoms with Crippen LogP contribution in [-0.2, 0) is 19.9 Å². The van der Waals surface area contributed by atoms with E-state index in [1.807, 2.05) is 37.3 Å². The average Bonchev–Trinajstić information content (AvgIpc) is 3.14. The number of nitrogens with one attached hydrogen (secondary N) is 1. The molecule has 3 aromatic rings. The Bertz CT molecular complexity index is 1450. The van der Waals surface area contributed by atoms with Crippen molar-refractivity contribution < 1.29 is 14.3 Å². The number of amides is 2. The molecule has 0 aliphatic carbocycles. The Hall–Kier alpha value is -3.56. The van der Waals surface area contributed by atoms with Crippen molar-refractivity contribution in [2.75, 3.05) is 11.9 Å². The fourth-order valence-corrected chi connectivity index (χ4v) is 5.96. The lowest BCUT2D eigenvalue weighted by atomic mass is 9.86. The highest BCUT2D eigenvalue weighted by molar-refractivity contribution is 6.02. The van der Waals surface area contributed by atoms with Gasteiger partial charge in [-0.05, 0) is 25.1 Å². The summed E-state index contributed by atoms with van der Waals surface area (Å²) in [5.74, 6) is 0.176. The third-order valence-corrected chi connectivity index (χ3v) is 7.55. The Morgan fingerprint density at radius 1 is 1.06 bits per heavy atom. The van der Waals surface area contributed by atoms with Crippen molar-refractivity contribution in [3.63, 3.8) is 0 Å². The van der Waals surface area contributed by atoms with Gasteiger partial charge in [-0.25, -0.2) is 4.98 Å². The van der Waals surface area contributed by atoms with Crippen molar-refractivity contribution in [2.45, 2.75) is 43.4 Å². The number of carbonyl (C=O) groups excluding carboxylic acids is 2. The summed E-state index contributed by atoms with van der Waals surface area (Å²) in [7, 11) is 1.72. The van der Waals surface area contributed by atoms with Gasteiger partial charge in [0.15, 0.2) is 0 Å². The lowest BCUT2D eigenvalue weighted by Crippen LogP contribution is -2.51. The van der Waals surface area contributed by atoms with E-state index in [0.717, 1.165) is 11.3 Å². The number of anilines is 1. The van der Waals surface area contributed by atoms with Gasteiger partial charge in [0, 0.05) is 19.0 Å². The Kier molecular flexibility index (Phi) is 3.48. The summed E-state index contributed by atoms with van der Waals surface area (Å²) in [6.07, 6.45) is -1.29. The molecule has 9 nitrogen and oxygen atoms in total. The first-order chi connectivity index (χ1) is 15.9. The molecule has 0 saturated carbocycles. The van der Waals surface area contributed by atoms with Crippen LogP contribution in [0.15, 0.2) is 53.3 Å². The van der Waals surface area contributed by atoms with Gasteiger partial charge in [-0.15, -0.1) is 0 Å². The topological polar surface area (TPSA) is 96.8 Å². The maximum atomic E-state index is 13.5. The van der Waals surface area contributed by atoms with E-state index in [0.29, 0.717) is 23.1 Å². The summed E-state index contributed by atoms with van der Waals surface area (Å²) < 4.78 is 8.11. The van der Waals surface area contributed by atoms with E-state index in [1.54, 1.807) is 35.0 Å². The fraction of sp³-hybridized carbons (Fsp3) is 0.333. The maximum Gasteiger partial charge on any atom is 0.273 e. The Labute approximate surface area is 188 Å². The number of nitrogens with zero attached hydrogens (tertiary/aromatic N) is 4. The highest BCUT2D eigenvalue weighted by Crippen LogP contribution is 2.56. The smallest absolute Gasteiger partial charge is 0.273 e. The van der Waals surface area contributed by atoms with Gasteiger partial charge in [-0.2, -0.15) is 0 Å². The van der Waals surface area contributed by atoms with Gasteiger partial charge in [0.1, 0.15) is 17.6 Å². The molecule has 9 heteroatoms. The highest BCUT2D eigenvalue weighted by Gasteiger charge is 2.64. The molecule has 5 aliphatic rings. The molecule has 8 rings (SSSR count). The summed E-state index contributed by atoms with van der Waals surface area (Å²) in [4.78, 5) is 48.2. The molecule has 33 heavy (non-hydrogen) atoms. The second-order valence-electron chi connectivity index (χ2n) is 9.21. The Morgan fingerprint density at radius 3 is 2.67 bits per heavy atom. The van der Waals surface area contributed by atoms with Crippen LogP contribution in [0.1, 0.15) is 37.0 Å². The molecule has 2 bridgehead atoms. The van der Waals surface area contributed by atoms with E-state index in [2.05, 4.69) is 5.32 Å². The zero-order valence-corrected chi connectivity index (χ0v) is 18.1. The Morgan fingerprint density at radius 2 is 1.82 bits per heavy atom. The predicted octanol–water partition coefficient (Wildman–Crippen LogP) is 1.39. The van der Waals surface area contributed by atoms with Crippen molar-refractivity contribution in [3.8, 4) is 0 Å². The number of fused-ring (bicyclic) bond motifs is 5. The van der Waals surface area contributed by atoms with Crippen LogP contribution >= 0.6 is 0 Å². The first-order valence-corrected chi connectivity index (χ1v) is 11.1. The van der Waals surface area contributed by atoms with Gasteiger partial charge in [-0.1, -0.05) is 30.3 Å². The molecule has 5 aliphatic heterocycles. The van der Waals surface area contributed by atoms with E-state index in [1.165, 1.54) is 4.57 Å². The van der Waals surface area contributed by atoms with Crippen LogP contribution in [0.25, 0.3) is 10.9 Å². The lowest BCUT2D eigenvalue weighted by Gasteiger charge is -2.35. The third kappa shape index (κ3) is 2.14. The van der Waals surface area contributed by atoms with Crippen LogP contribution in [0.5, 0.6) is 0 Å². The largest absolute Gasteiger partial charge is 0.334 e. The normalized spacial score (nSPS) is 31.8. The van der Waals surface area contributed by atoms with Crippen LogP contribution < -0.4 is 15.8 Å². The van der Waals surface area contributed by atoms with Gasteiger partial charge in [-0.3, -0.25) is 29.2 Å². The average molecular weight is 443 g/mol. The summed E-state index contributed by atoms with van der Waals surface area (Å²) >= 11 is 0. The molecular formula is C24H21N5O4. The molecule has 2 fully saturated rings. The molecule has 1 N–H and O–H groups in total. The van der Waals surface area contributed by atoms with Crippen molar-refractivity contribution in [3.05, 3.63) is 70.3 Å². The molecule has 2 saturated heterocycles. The standard InChI is InChI=1S/C24H21N5O4/c1-12-19(30)28-16-10-6-4-8-14(16)24(23(28)25-12)11-17-18-26-15-9-5-3-7-13(15)20(31)29(18)22(33-24)21(32)27(17)2/h3-10,12,17,22-23,25H,11H2,1-2H3/t12?,17-,22?,23?,24+/m1/s1. The quantitative estimate of drug-likeness (QED) is 0.564. The van der Waals surface area contributed by atoms with Gasteiger partial charge in [0.2, 0.25) is 12.1 Å². The van der Waals surface area contributed by atoms with E-state index in [9.17, 15) is 14.4 Å². The molecule has 3 unspecified atom stereocenters. The fourth-order valence-electron chi connectivity index (χ4n) is 5.96. The van der Waals surface area contributed by atoms with E-state index in [-0.39, 0.29) is 23.4 Å². The lowest BCUT2D eigenvalue weighted by molar-refractivity contribution is -0.168. The van der Waals surface area contributed by atoms with Crippen molar-refractivity contribution in [1.29, 1.82) is 0 Å². The summed E-state index contributed by atoms with van der Waals surface area (Å²) in [5.41, 5.74) is 0.893. The van der Waals surface area contributed by atoms with Gasteiger partial charge in [0.25, 0.3) is 11.5 Å². The molecular weight excluding hydrogens is 422 g/mol. The van der Waals surface area contributed by atoms with Gasteiger partial charge in [0.05, 0.1) is 28.7 Å². The van der Waals surface area contributed by atoms with Gasteiger partial charge < -0.3 is 9.64 Å². The Balaban J connectivity index is 1.51. The van der Waals surface area contributed by atoms with Crippen molar-refractivity contribution in [2.24, 2.45) is 0 Å². The zero-order chi connectivity index (χ0) is 22.6. The zero-order valence-electron chi connectivity index (χ0n) is 18.1. The van der Waals surface area contributed by atoms with E-state index < -0.39 is 24.0 Å². The first kappa shape index (κ1) is 19.0. The van der Waals surface area contributed by atoms with Gasteiger partial charge >= 0.3 is 0 Å². The minimum atomic E-state index is -1.17. The monoisotopic (exact) mass is 443 g/mol. The van der Waals surface area contributed by atoms with Crippen LogP contribution in [0, 0.1) is 0 Å². The van der Waals surface area contributed by atoms with Crippen molar-refractivity contribution >= 4 is 28.4 Å². The molecule has 6 heterocycles. The summed E-state index contributed by atoms with van der Waals surface area (Å²) in [6.45, 7) is 1.83. The first-order valence-electron chi connectivity index (χ1n) is 11.1.